The van der Waals surface area contributed by atoms with Crippen molar-refractivity contribution in [3.63, 3.8) is 0 Å². The van der Waals surface area contributed by atoms with Crippen LogP contribution in [0.2, 0.25) is 0 Å². The molecule has 102 valence electrons. The number of rotatable bonds is 3. The third-order valence-corrected chi connectivity index (χ3v) is 4.92. The van der Waals surface area contributed by atoms with Crippen LogP contribution in [0.5, 0.6) is 0 Å². The predicted octanol–water partition coefficient (Wildman–Crippen LogP) is 1.48. The Balaban J connectivity index is 2.59. The molecule has 1 rings (SSSR count). The van der Waals surface area contributed by atoms with E-state index in [1.807, 2.05) is 27.7 Å². The van der Waals surface area contributed by atoms with Crippen LogP contribution < -0.4 is 10.0 Å². The Labute approximate surface area is 106 Å². The second-order valence-corrected chi connectivity index (χ2v) is 8.23. The molecule has 1 aliphatic heterocycles. The molecule has 0 aliphatic carbocycles. The van der Waals surface area contributed by atoms with E-state index < -0.39 is 10.0 Å². The molecule has 4 nitrogen and oxygen atoms in total. The predicted molar refractivity (Wildman–Crippen MR) is 71.5 cm³/mol. The van der Waals surface area contributed by atoms with Crippen LogP contribution in [-0.2, 0) is 10.0 Å². The number of nitrogens with one attached hydrogen (secondary N) is 2. The highest BCUT2D eigenvalue weighted by atomic mass is 32.2. The van der Waals surface area contributed by atoms with Crippen LogP contribution in [0.25, 0.3) is 0 Å². The van der Waals surface area contributed by atoms with Gasteiger partial charge in [-0.15, -0.1) is 0 Å². The van der Waals surface area contributed by atoms with Gasteiger partial charge in [-0.25, -0.2) is 13.1 Å². The molecule has 0 amide bonds. The van der Waals surface area contributed by atoms with Crippen LogP contribution in [0.15, 0.2) is 0 Å². The molecule has 3 unspecified atom stereocenters. The highest BCUT2D eigenvalue weighted by Gasteiger charge is 2.30. The second-order valence-electron chi connectivity index (χ2n) is 6.48. The number of hydrogen-bond donors (Lipinski definition) is 2. The quantitative estimate of drug-likeness (QED) is 0.810. The van der Waals surface area contributed by atoms with E-state index in [-0.39, 0.29) is 23.3 Å². The minimum Gasteiger partial charge on any atom is -0.310 e. The first-order chi connectivity index (χ1) is 7.59. The lowest BCUT2D eigenvalue weighted by molar-refractivity contribution is 0.296. The van der Waals surface area contributed by atoms with E-state index in [1.54, 1.807) is 0 Å². The van der Waals surface area contributed by atoms with Gasteiger partial charge in [0.25, 0.3) is 0 Å². The molecular formula is C12H26N2O2S. The van der Waals surface area contributed by atoms with E-state index >= 15 is 0 Å². The molecule has 3 atom stereocenters. The van der Waals surface area contributed by atoms with Gasteiger partial charge in [-0.3, -0.25) is 0 Å². The Hall–Kier alpha value is -0.130. The summed E-state index contributed by atoms with van der Waals surface area (Å²) in [6.45, 7) is 10.0. The van der Waals surface area contributed by atoms with Crippen LogP contribution >= 0.6 is 0 Å². The standard InChI is InChI=1S/C12H26N2O2S/c1-9-6-7-11(10(2)13-9)14-17(15,16)8-12(3,4)5/h9-11,13-14H,6-8H2,1-5H3. The van der Waals surface area contributed by atoms with Gasteiger partial charge in [-0.2, -0.15) is 0 Å². The normalized spacial score (nSPS) is 31.5. The fraction of sp³-hybridized carbons (Fsp3) is 1.00. The van der Waals surface area contributed by atoms with Crippen molar-refractivity contribution in [2.45, 2.75) is 65.6 Å². The zero-order chi connectivity index (χ0) is 13.3. The summed E-state index contributed by atoms with van der Waals surface area (Å²) in [5, 5.41) is 3.39. The molecule has 1 aliphatic rings. The van der Waals surface area contributed by atoms with Crippen LogP contribution in [0.1, 0.15) is 47.5 Å². The van der Waals surface area contributed by atoms with E-state index in [1.165, 1.54) is 0 Å². The molecule has 0 aromatic rings. The van der Waals surface area contributed by atoms with Crippen molar-refractivity contribution in [3.8, 4) is 0 Å². The summed E-state index contributed by atoms with van der Waals surface area (Å²) in [5.74, 6) is 0.179. The van der Waals surface area contributed by atoms with Crippen LogP contribution in [0, 0.1) is 5.41 Å². The fourth-order valence-electron chi connectivity index (χ4n) is 2.33. The zero-order valence-corrected chi connectivity index (χ0v) is 12.4. The molecular weight excluding hydrogens is 236 g/mol. The Bertz CT molecular complexity index is 346. The van der Waals surface area contributed by atoms with E-state index in [4.69, 9.17) is 0 Å². The molecule has 0 spiro atoms. The fourth-order valence-corrected chi connectivity index (χ4v) is 4.34. The number of hydrogen-bond acceptors (Lipinski definition) is 3. The van der Waals surface area contributed by atoms with Crippen molar-refractivity contribution in [1.29, 1.82) is 0 Å². The van der Waals surface area contributed by atoms with Crippen molar-refractivity contribution in [2.75, 3.05) is 5.75 Å². The number of sulfonamides is 1. The minimum absolute atomic E-state index is 0.0264. The van der Waals surface area contributed by atoms with Gasteiger partial charge < -0.3 is 5.32 Å². The summed E-state index contributed by atoms with van der Waals surface area (Å²) in [6.07, 6.45) is 1.94. The first-order valence-corrected chi connectivity index (χ1v) is 8.00. The topological polar surface area (TPSA) is 58.2 Å². The SMILES string of the molecule is CC1CCC(NS(=O)(=O)CC(C)(C)C)C(C)N1. The highest BCUT2D eigenvalue weighted by Crippen LogP contribution is 2.18. The minimum atomic E-state index is -3.18. The van der Waals surface area contributed by atoms with E-state index in [0.717, 1.165) is 12.8 Å². The maximum Gasteiger partial charge on any atom is 0.212 e. The molecule has 2 N–H and O–H groups in total. The van der Waals surface area contributed by atoms with Gasteiger partial charge in [-0.1, -0.05) is 20.8 Å². The molecule has 5 heteroatoms. The average molecular weight is 262 g/mol. The molecule has 17 heavy (non-hydrogen) atoms. The van der Waals surface area contributed by atoms with Crippen molar-refractivity contribution in [2.24, 2.45) is 5.41 Å². The third kappa shape index (κ3) is 5.36. The molecule has 0 saturated carbocycles. The molecule has 0 bridgehead atoms. The smallest absolute Gasteiger partial charge is 0.212 e. The Morgan fingerprint density at radius 2 is 1.82 bits per heavy atom. The van der Waals surface area contributed by atoms with Crippen LogP contribution in [0.3, 0.4) is 0 Å². The van der Waals surface area contributed by atoms with Gasteiger partial charge in [-0.05, 0) is 32.1 Å². The van der Waals surface area contributed by atoms with E-state index in [0.29, 0.717) is 6.04 Å². The summed E-state index contributed by atoms with van der Waals surface area (Å²) in [5.41, 5.74) is -0.204. The van der Waals surface area contributed by atoms with Gasteiger partial charge in [0.15, 0.2) is 0 Å². The molecule has 1 heterocycles. The Morgan fingerprint density at radius 1 is 1.24 bits per heavy atom. The second kappa shape index (κ2) is 5.24. The molecule has 1 saturated heterocycles. The largest absolute Gasteiger partial charge is 0.310 e. The first kappa shape index (κ1) is 14.9. The van der Waals surface area contributed by atoms with E-state index in [2.05, 4.69) is 17.0 Å². The van der Waals surface area contributed by atoms with Crippen molar-refractivity contribution >= 4 is 10.0 Å². The summed E-state index contributed by atoms with van der Waals surface area (Å²) in [7, 11) is -3.18. The van der Waals surface area contributed by atoms with Crippen molar-refractivity contribution in [1.82, 2.24) is 10.0 Å². The van der Waals surface area contributed by atoms with Gasteiger partial charge in [0.05, 0.1) is 5.75 Å². The lowest BCUT2D eigenvalue weighted by Gasteiger charge is -2.35. The summed E-state index contributed by atoms with van der Waals surface area (Å²) in [6, 6.07) is 0.709. The van der Waals surface area contributed by atoms with Crippen molar-refractivity contribution in [3.05, 3.63) is 0 Å². The summed E-state index contributed by atoms with van der Waals surface area (Å²) >= 11 is 0. The first-order valence-electron chi connectivity index (χ1n) is 6.35. The third-order valence-electron chi connectivity index (χ3n) is 3.02. The Morgan fingerprint density at radius 3 is 2.29 bits per heavy atom. The van der Waals surface area contributed by atoms with Crippen LogP contribution in [-0.4, -0.2) is 32.3 Å². The van der Waals surface area contributed by atoms with Gasteiger partial charge in [0.2, 0.25) is 10.0 Å². The maximum absolute atomic E-state index is 12.0. The summed E-state index contributed by atoms with van der Waals surface area (Å²) in [4.78, 5) is 0. The maximum atomic E-state index is 12.0. The summed E-state index contributed by atoms with van der Waals surface area (Å²) < 4.78 is 26.8. The zero-order valence-electron chi connectivity index (χ0n) is 11.6. The lowest BCUT2D eigenvalue weighted by atomic mass is 9.96. The van der Waals surface area contributed by atoms with Gasteiger partial charge >= 0.3 is 0 Å². The Kier molecular flexibility index (Phi) is 4.60. The molecule has 0 aromatic heterocycles. The number of piperidine rings is 1. The van der Waals surface area contributed by atoms with E-state index in [9.17, 15) is 8.42 Å². The molecule has 1 fully saturated rings. The van der Waals surface area contributed by atoms with Crippen LogP contribution in [0.4, 0.5) is 0 Å². The van der Waals surface area contributed by atoms with Gasteiger partial charge in [0.1, 0.15) is 0 Å². The highest BCUT2D eigenvalue weighted by molar-refractivity contribution is 7.89. The molecule has 0 radical (unpaired) electrons. The molecule has 0 aromatic carbocycles. The van der Waals surface area contributed by atoms with Gasteiger partial charge in [0, 0.05) is 18.1 Å². The average Bonchev–Trinajstić information content (AvgIpc) is 2.05. The monoisotopic (exact) mass is 262 g/mol. The van der Waals surface area contributed by atoms with Crippen molar-refractivity contribution < 1.29 is 8.42 Å². The lowest BCUT2D eigenvalue weighted by Crippen LogP contribution is -2.55.